The van der Waals surface area contributed by atoms with Crippen molar-refractivity contribution in [3.8, 4) is 0 Å². The Hall–Kier alpha value is -1.87. The normalized spacial score (nSPS) is 10.7. The molecule has 1 aromatic heterocycles. The smallest absolute Gasteiger partial charge is 0.0418 e. The molecule has 1 heterocycles. The zero-order chi connectivity index (χ0) is 13.7. The molecule has 0 saturated heterocycles. The van der Waals surface area contributed by atoms with Gasteiger partial charge in [0.2, 0.25) is 0 Å². The van der Waals surface area contributed by atoms with Gasteiger partial charge < -0.3 is 10.2 Å². The van der Waals surface area contributed by atoms with Gasteiger partial charge in [-0.2, -0.15) is 0 Å². The van der Waals surface area contributed by atoms with E-state index in [1.54, 1.807) is 0 Å². The van der Waals surface area contributed by atoms with E-state index < -0.39 is 0 Å². The van der Waals surface area contributed by atoms with Crippen LogP contribution in [0.1, 0.15) is 16.7 Å². The molecule has 0 bridgehead atoms. The summed E-state index contributed by atoms with van der Waals surface area (Å²) in [4.78, 5) is 6.34. The number of pyridine rings is 1. The quantitative estimate of drug-likeness (QED) is 0.890. The Labute approximate surface area is 115 Å². The number of benzene rings is 1. The molecule has 0 aliphatic heterocycles. The van der Waals surface area contributed by atoms with E-state index in [1.165, 1.54) is 16.7 Å². The number of nitrogens with one attached hydrogen (secondary N) is 1. The van der Waals surface area contributed by atoms with E-state index in [1.807, 2.05) is 18.5 Å². The molecule has 3 nitrogen and oxygen atoms in total. The second kappa shape index (κ2) is 6.34. The van der Waals surface area contributed by atoms with Crippen molar-refractivity contribution >= 4 is 5.69 Å². The molecular weight excluding hydrogens is 234 g/mol. The lowest BCUT2D eigenvalue weighted by Crippen LogP contribution is -2.10. The predicted octanol–water partition coefficient (Wildman–Crippen LogP) is 3.06. The molecular formula is C16H21N3. The summed E-state index contributed by atoms with van der Waals surface area (Å²) in [5.41, 5.74) is 4.98. The van der Waals surface area contributed by atoms with Gasteiger partial charge in [-0.05, 0) is 55.9 Å². The first kappa shape index (κ1) is 13.6. The van der Waals surface area contributed by atoms with Crippen LogP contribution in [0.25, 0.3) is 0 Å². The molecule has 0 aliphatic rings. The van der Waals surface area contributed by atoms with Gasteiger partial charge in [-0.15, -0.1) is 0 Å². The van der Waals surface area contributed by atoms with E-state index in [2.05, 4.69) is 60.5 Å². The molecule has 0 aliphatic carbocycles. The van der Waals surface area contributed by atoms with Crippen LogP contribution in [0, 0.1) is 6.92 Å². The molecule has 0 spiro atoms. The van der Waals surface area contributed by atoms with Gasteiger partial charge in [0.15, 0.2) is 0 Å². The number of aromatic nitrogens is 1. The van der Waals surface area contributed by atoms with E-state index in [0.717, 1.165) is 18.8 Å². The van der Waals surface area contributed by atoms with Crippen LogP contribution in [0.2, 0.25) is 0 Å². The van der Waals surface area contributed by atoms with Crippen molar-refractivity contribution in [3.63, 3.8) is 0 Å². The molecule has 1 aromatic carbocycles. The SMILES string of the molecule is Cc1ccncc1CNc1cccc(CN(C)C)c1. The predicted molar refractivity (Wildman–Crippen MR) is 80.1 cm³/mol. The summed E-state index contributed by atoms with van der Waals surface area (Å²) >= 11 is 0. The monoisotopic (exact) mass is 255 g/mol. The van der Waals surface area contributed by atoms with Crippen molar-refractivity contribution in [2.45, 2.75) is 20.0 Å². The number of nitrogens with zero attached hydrogens (tertiary/aromatic N) is 2. The van der Waals surface area contributed by atoms with Crippen LogP contribution in [0.15, 0.2) is 42.7 Å². The van der Waals surface area contributed by atoms with Crippen LogP contribution in [-0.4, -0.2) is 24.0 Å². The summed E-state index contributed by atoms with van der Waals surface area (Å²) in [6.45, 7) is 3.88. The summed E-state index contributed by atoms with van der Waals surface area (Å²) in [7, 11) is 4.16. The fourth-order valence-electron chi connectivity index (χ4n) is 2.02. The fourth-order valence-corrected chi connectivity index (χ4v) is 2.02. The Kier molecular flexibility index (Phi) is 4.53. The molecule has 0 fully saturated rings. The van der Waals surface area contributed by atoms with Gasteiger partial charge in [0.05, 0.1) is 0 Å². The van der Waals surface area contributed by atoms with Gasteiger partial charge >= 0.3 is 0 Å². The van der Waals surface area contributed by atoms with Gasteiger partial charge in [-0.1, -0.05) is 12.1 Å². The number of anilines is 1. The topological polar surface area (TPSA) is 28.2 Å². The van der Waals surface area contributed by atoms with Crippen LogP contribution in [0.3, 0.4) is 0 Å². The summed E-state index contributed by atoms with van der Waals surface area (Å²) in [5.74, 6) is 0. The fraction of sp³-hybridized carbons (Fsp3) is 0.312. The summed E-state index contributed by atoms with van der Waals surface area (Å²) in [6.07, 6.45) is 3.75. The lowest BCUT2D eigenvalue weighted by Gasteiger charge is -2.12. The van der Waals surface area contributed by atoms with Crippen molar-refractivity contribution < 1.29 is 0 Å². The van der Waals surface area contributed by atoms with Crippen molar-refractivity contribution in [3.05, 3.63) is 59.4 Å². The van der Waals surface area contributed by atoms with Crippen LogP contribution in [0.4, 0.5) is 5.69 Å². The second-order valence-corrected chi connectivity index (χ2v) is 5.09. The lowest BCUT2D eigenvalue weighted by molar-refractivity contribution is 0.402. The van der Waals surface area contributed by atoms with E-state index >= 15 is 0 Å². The summed E-state index contributed by atoms with van der Waals surface area (Å²) < 4.78 is 0. The highest BCUT2D eigenvalue weighted by Crippen LogP contribution is 2.14. The van der Waals surface area contributed by atoms with Gasteiger partial charge in [-0.25, -0.2) is 0 Å². The van der Waals surface area contributed by atoms with Gasteiger partial charge in [0, 0.05) is 31.2 Å². The second-order valence-electron chi connectivity index (χ2n) is 5.09. The highest BCUT2D eigenvalue weighted by Gasteiger charge is 2.00. The molecule has 0 atom stereocenters. The summed E-state index contributed by atoms with van der Waals surface area (Å²) in [5, 5.41) is 3.46. The van der Waals surface area contributed by atoms with Crippen molar-refractivity contribution in [2.24, 2.45) is 0 Å². The van der Waals surface area contributed by atoms with E-state index in [-0.39, 0.29) is 0 Å². The minimum atomic E-state index is 0.811. The molecule has 2 rings (SSSR count). The zero-order valence-corrected chi connectivity index (χ0v) is 11.9. The van der Waals surface area contributed by atoms with Crippen molar-refractivity contribution in [1.29, 1.82) is 0 Å². The number of rotatable bonds is 5. The van der Waals surface area contributed by atoms with E-state index in [0.29, 0.717) is 0 Å². The van der Waals surface area contributed by atoms with Crippen LogP contribution in [0.5, 0.6) is 0 Å². The standard InChI is InChI=1S/C16H21N3/c1-13-7-8-17-10-15(13)11-18-16-6-4-5-14(9-16)12-19(2)3/h4-10,18H,11-12H2,1-3H3. The Morgan fingerprint density at radius 3 is 2.79 bits per heavy atom. The average Bonchev–Trinajstić information content (AvgIpc) is 2.37. The van der Waals surface area contributed by atoms with Crippen molar-refractivity contribution in [2.75, 3.05) is 19.4 Å². The van der Waals surface area contributed by atoms with E-state index in [9.17, 15) is 0 Å². The molecule has 2 aromatic rings. The first-order valence-corrected chi connectivity index (χ1v) is 6.52. The minimum Gasteiger partial charge on any atom is -0.381 e. The molecule has 0 amide bonds. The zero-order valence-electron chi connectivity index (χ0n) is 11.9. The minimum absolute atomic E-state index is 0.811. The Balaban J connectivity index is 2.02. The highest BCUT2D eigenvalue weighted by atomic mass is 15.0. The molecule has 0 unspecified atom stereocenters. The molecule has 1 N–H and O–H groups in total. The maximum Gasteiger partial charge on any atom is 0.0418 e. The maximum absolute atomic E-state index is 4.17. The first-order chi connectivity index (χ1) is 9.15. The number of hydrogen-bond acceptors (Lipinski definition) is 3. The van der Waals surface area contributed by atoms with Crippen molar-refractivity contribution in [1.82, 2.24) is 9.88 Å². The van der Waals surface area contributed by atoms with Gasteiger partial charge in [0.25, 0.3) is 0 Å². The molecule has 100 valence electrons. The van der Waals surface area contributed by atoms with E-state index in [4.69, 9.17) is 0 Å². The third-order valence-electron chi connectivity index (χ3n) is 3.06. The molecule has 19 heavy (non-hydrogen) atoms. The van der Waals surface area contributed by atoms with Gasteiger partial charge in [0.1, 0.15) is 0 Å². The van der Waals surface area contributed by atoms with Gasteiger partial charge in [-0.3, -0.25) is 4.98 Å². The lowest BCUT2D eigenvalue weighted by atomic mass is 10.1. The van der Waals surface area contributed by atoms with Crippen LogP contribution >= 0.6 is 0 Å². The first-order valence-electron chi connectivity index (χ1n) is 6.52. The third-order valence-corrected chi connectivity index (χ3v) is 3.06. The third kappa shape index (κ3) is 4.07. The molecule has 0 saturated carbocycles. The Morgan fingerprint density at radius 1 is 1.21 bits per heavy atom. The Morgan fingerprint density at radius 2 is 2.05 bits per heavy atom. The van der Waals surface area contributed by atoms with Crippen LogP contribution in [-0.2, 0) is 13.1 Å². The molecule has 3 heteroatoms. The number of hydrogen-bond donors (Lipinski definition) is 1. The molecule has 0 radical (unpaired) electrons. The Bertz CT molecular complexity index is 535. The number of aryl methyl sites for hydroxylation is 1. The largest absolute Gasteiger partial charge is 0.381 e. The average molecular weight is 255 g/mol. The summed E-state index contributed by atoms with van der Waals surface area (Å²) in [6, 6.07) is 10.6. The maximum atomic E-state index is 4.17. The van der Waals surface area contributed by atoms with Crippen LogP contribution < -0.4 is 5.32 Å². The highest BCUT2D eigenvalue weighted by molar-refractivity contribution is 5.46.